The number of urea groups is 1. The Morgan fingerprint density at radius 1 is 0.795 bits per heavy atom. The molecule has 1 saturated heterocycles. The number of nitrogens with zero attached hydrogens (tertiary/aromatic N) is 1. The molecule has 0 aliphatic carbocycles. The Morgan fingerprint density at radius 2 is 1.46 bits per heavy atom. The van der Waals surface area contributed by atoms with E-state index >= 15 is 0 Å². The van der Waals surface area contributed by atoms with Gasteiger partial charge in [-0.25, -0.2) is 9.69 Å². The van der Waals surface area contributed by atoms with Gasteiger partial charge in [0, 0.05) is 27.7 Å². The van der Waals surface area contributed by atoms with Crippen molar-refractivity contribution in [2.75, 3.05) is 26.2 Å². The van der Waals surface area contributed by atoms with Crippen LogP contribution in [0.1, 0.15) is 11.1 Å². The van der Waals surface area contributed by atoms with Crippen molar-refractivity contribution in [3.05, 3.63) is 80.3 Å². The van der Waals surface area contributed by atoms with Gasteiger partial charge < -0.3 is 18.9 Å². The third kappa shape index (κ3) is 5.75. The van der Waals surface area contributed by atoms with Gasteiger partial charge in [0.2, 0.25) is 0 Å². The van der Waals surface area contributed by atoms with Crippen LogP contribution in [0, 0.1) is 0 Å². The highest BCUT2D eigenvalue weighted by Crippen LogP contribution is 2.39. The van der Waals surface area contributed by atoms with Gasteiger partial charge >= 0.3 is 6.03 Å². The quantitative estimate of drug-likeness (QED) is 0.256. The molecule has 4 rings (SSSR count). The largest absolute Gasteiger partial charge is 0.495 e. The minimum Gasteiger partial charge on any atom is -0.495 e. The van der Waals surface area contributed by atoms with Gasteiger partial charge in [0.05, 0.1) is 32.0 Å². The van der Waals surface area contributed by atoms with Crippen molar-refractivity contribution < 1.29 is 33.3 Å². The summed E-state index contributed by atoms with van der Waals surface area (Å²) in [5.41, 5.74) is 0.782. The Kier molecular flexibility index (Phi) is 8.54. The van der Waals surface area contributed by atoms with E-state index in [9.17, 15) is 14.4 Å². The molecule has 0 unspecified atom stereocenters. The predicted octanol–water partition coefficient (Wildman–Crippen LogP) is 5.92. The lowest BCUT2D eigenvalue weighted by molar-refractivity contribution is -0.122. The van der Waals surface area contributed by atoms with Gasteiger partial charge in [0.1, 0.15) is 23.7 Å². The van der Waals surface area contributed by atoms with Crippen LogP contribution >= 0.6 is 34.8 Å². The minimum atomic E-state index is -0.954. The van der Waals surface area contributed by atoms with E-state index in [0.29, 0.717) is 32.7 Å². The number of anilines is 1. The van der Waals surface area contributed by atoms with Crippen LogP contribution in [0.3, 0.4) is 0 Å². The summed E-state index contributed by atoms with van der Waals surface area (Å²) >= 11 is 18.6. The first-order valence-corrected chi connectivity index (χ1v) is 12.4. The first-order valence-electron chi connectivity index (χ1n) is 11.2. The zero-order valence-corrected chi connectivity index (χ0v) is 23.1. The lowest BCUT2D eigenvalue weighted by Gasteiger charge is -2.28. The van der Waals surface area contributed by atoms with E-state index in [1.54, 1.807) is 36.4 Å². The van der Waals surface area contributed by atoms with E-state index in [-0.39, 0.29) is 34.4 Å². The van der Waals surface area contributed by atoms with Crippen LogP contribution in [0.4, 0.5) is 10.5 Å². The van der Waals surface area contributed by atoms with Gasteiger partial charge in [-0.3, -0.25) is 14.9 Å². The highest BCUT2D eigenvalue weighted by atomic mass is 35.5. The number of nitrogens with one attached hydrogen (secondary N) is 1. The monoisotopic (exact) mass is 590 g/mol. The lowest BCUT2D eigenvalue weighted by Crippen LogP contribution is -2.54. The Hall–Kier alpha value is -3.92. The first-order chi connectivity index (χ1) is 18.7. The lowest BCUT2D eigenvalue weighted by atomic mass is 10.1. The first kappa shape index (κ1) is 28.1. The second kappa shape index (κ2) is 11.9. The molecule has 0 saturated carbocycles. The smallest absolute Gasteiger partial charge is 0.336 e. The molecule has 0 spiro atoms. The molecule has 1 aliphatic rings. The summed E-state index contributed by atoms with van der Waals surface area (Å²) in [6, 6.07) is 11.7. The van der Waals surface area contributed by atoms with E-state index in [2.05, 4.69) is 5.32 Å². The molecule has 0 bridgehead atoms. The molecular weight excluding hydrogens is 571 g/mol. The van der Waals surface area contributed by atoms with Crippen LogP contribution in [0.2, 0.25) is 15.1 Å². The Morgan fingerprint density at radius 3 is 2.10 bits per heavy atom. The summed E-state index contributed by atoms with van der Waals surface area (Å²) < 4.78 is 21.8. The fourth-order valence-electron chi connectivity index (χ4n) is 3.78. The number of carbonyl (C=O) groups is 3. The number of benzene rings is 3. The van der Waals surface area contributed by atoms with E-state index < -0.39 is 17.8 Å². The van der Waals surface area contributed by atoms with Crippen LogP contribution in [0.5, 0.6) is 23.0 Å². The molecule has 9 nitrogen and oxygen atoms in total. The number of hydrogen-bond acceptors (Lipinski definition) is 7. The Labute approximate surface area is 238 Å². The molecular formula is C27H21Cl3N2O7. The SMILES string of the molecule is COc1cc(N2C(=O)NC(=O)/C(=C\c3ccc(OCc4c(Cl)cccc4Cl)c(OC)c3)C2=O)c(OC)cc1Cl. The van der Waals surface area contributed by atoms with Crippen LogP contribution in [-0.4, -0.2) is 39.2 Å². The number of imide groups is 2. The summed E-state index contributed by atoms with van der Waals surface area (Å²) in [5, 5.41) is 3.29. The van der Waals surface area contributed by atoms with Crippen molar-refractivity contribution in [3.8, 4) is 23.0 Å². The molecule has 3 aromatic carbocycles. The van der Waals surface area contributed by atoms with Gasteiger partial charge in [-0.2, -0.15) is 0 Å². The number of ether oxygens (including phenoxy) is 4. The van der Waals surface area contributed by atoms with E-state index in [1.165, 1.54) is 39.5 Å². The normalized spacial score (nSPS) is 14.4. The van der Waals surface area contributed by atoms with Crippen molar-refractivity contribution in [1.82, 2.24) is 5.32 Å². The third-order valence-electron chi connectivity index (χ3n) is 5.73. The average Bonchev–Trinajstić information content (AvgIpc) is 2.91. The van der Waals surface area contributed by atoms with Crippen molar-refractivity contribution in [3.63, 3.8) is 0 Å². The molecule has 202 valence electrons. The van der Waals surface area contributed by atoms with Gasteiger partial charge in [-0.15, -0.1) is 0 Å². The number of halogens is 3. The fraction of sp³-hybridized carbons (Fsp3) is 0.148. The molecule has 4 amide bonds. The zero-order chi connectivity index (χ0) is 28.3. The van der Waals surface area contributed by atoms with E-state index in [1.807, 2.05) is 0 Å². The molecule has 1 fully saturated rings. The number of barbiturate groups is 1. The summed E-state index contributed by atoms with van der Waals surface area (Å²) in [7, 11) is 4.18. The molecule has 12 heteroatoms. The maximum atomic E-state index is 13.4. The summed E-state index contributed by atoms with van der Waals surface area (Å²) in [5.74, 6) is -0.709. The molecule has 3 aromatic rings. The molecule has 0 aromatic heterocycles. The second-order valence-corrected chi connectivity index (χ2v) is 9.24. The predicted molar refractivity (Wildman–Crippen MR) is 147 cm³/mol. The Bertz CT molecular complexity index is 1490. The molecule has 0 atom stereocenters. The maximum absolute atomic E-state index is 13.4. The van der Waals surface area contributed by atoms with Crippen LogP contribution < -0.4 is 29.2 Å². The van der Waals surface area contributed by atoms with Crippen LogP contribution in [0.15, 0.2) is 54.1 Å². The summed E-state index contributed by atoms with van der Waals surface area (Å²) in [6.07, 6.45) is 1.33. The van der Waals surface area contributed by atoms with Crippen LogP contribution in [0.25, 0.3) is 6.08 Å². The van der Waals surface area contributed by atoms with Crippen molar-refractivity contribution in [1.29, 1.82) is 0 Å². The molecule has 1 heterocycles. The number of carbonyl (C=O) groups excluding carboxylic acids is 3. The van der Waals surface area contributed by atoms with Crippen LogP contribution in [-0.2, 0) is 16.2 Å². The third-order valence-corrected chi connectivity index (χ3v) is 6.73. The topological polar surface area (TPSA) is 103 Å². The average molecular weight is 592 g/mol. The van der Waals surface area contributed by atoms with Crippen molar-refractivity contribution in [2.24, 2.45) is 0 Å². The zero-order valence-electron chi connectivity index (χ0n) is 20.8. The highest BCUT2D eigenvalue weighted by Gasteiger charge is 2.38. The summed E-state index contributed by atoms with van der Waals surface area (Å²) in [4.78, 5) is 39.6. The number of amides is 4. The molecule has 0 radical (unpaired) electrons. The van der Waals surface area contributed by atoms with E-state index in [0.717, 1.165) is 4.90 Å². The van der Waals surface area contributed by atoms with Gasteiger partial charge in [0.15, 0.2) is 11.5 Å². The highest BCUT2D eigenvalue weighted by molar-refractivity contribution is 6.40. The summed E-state index contributed by atoms with van der Waals surface area (Å²) in [6.45, 7) is 0.0830. The number of rotatable bonds is 8. The maximum Gasteiger partial charge on any atom is 0.336 e. The Balaban J connectivity index is 1.66. The second-order valence-electron chi connectivity index (χ2n) is 8.02. The van der Waals surface area contributed by atoms with Crippen molar-refractivity contribution >= 4 is 64.4 Å². The standard InChI is InChI=1S/C27H21Cl3N2O7/c1-36-22-12-20(23(37-2)11-19(22)30)32-26(34)15(25(33)31-27(32)35)9-14-7-8-21(24(10-14)38-3)39-13-16-17(28)5-4-6-18(16)29/h4-12H,13H2,1-3H3,(H,31,33,35)/b15-9+. The van der Waals surface area contributed by atoms with Gasteiger partial charge in [-0.1, -0.05) is 46.9 Å². The molecule has 1 aliphatic heterocycles. The molecule has 39 heavy (non-hydrogen) atoms. The minimum absolute atomic E-state index is 0.0409. The number of hydrogen-bond donors (Lipinski definition) is 1. The van der Waals surface area contributed by atoms with Gasteiger partial charge in [-0.05, 0) is 35.9 Å². The van der Waals surface area contributed by atoms with Crippen molar-refractivity contribution in [2.45, 2.75) is 6.61 Å². The number of methoxy groups -OCH3 is 3. The van der Waals surface area contributed by atoms with E-state index in [4.69, 9.17) is 53.8 Å². The van der Waals surface area contributed by atoms with Gasteiger partial charge in [0.25, 0.3) is 11.8 Å². The molecule has 1 N–H and O–H groups in total. The fourth-order valence-corrected chi connectivity index (χ4v) is 4.51.